The standard InChI is InChI=1S/C41H37N9O14S2/c1-22-31(34(47-33(22)32(23(2)51)36(47)52)38(53)62-18-24-3-9-27(10-4-24)48(56)57)30-17-45-21-43-35(37(45)66-30)65-16-15-46(41(55)64-20-26-7-13-29(14-8-26)50(60)61)39(42)44-40(54)63-19-25-5-11-28(12-6-25)49(58)59/h3-14,17,21-23,32-33,51H,15-16,18-20H2,1-2H3,(H2,42,44,54)/t22-,23+,32+,33+/m0/s1. The van der Waals surface area contributed by atoms with Crippen molar-refractivity contribution >= 4 is 80.6 Å². The van der Waals surface area contributed by atoms with Crippen molar-refractivity contribution in [2.24, 2.45) is 22.6 Å². The van der Waals surface area contributed by atoms with Crippen molar-refractivity contribution < 1.29 is 53.3 Å². The summed E-state index contributed by atoms with van der Waals surface area (Å²) in [4.78, 5) is 96.5. The van der Waals surface area contributed by atoms with E-state index >= 15 is 0 Å². The summed E-state index contributed by atoms with van der Waals surface area (Å²) in [6, 6.07) is 15.5. The van der Waals surface area contributed by atoms with Gasteiger partial charge in [-0.05, 0) is 60.0 Å². The third-order valence-corrected chi connectivity index (χ3v) is 12.8. The summed E-state index contributed by atoms with van der Waals surface area (Å²) in [5.41, 5.74) is 7.55. The van der Waals surface area contributed by atoms with Gasteiger partial charge in [0.1, 0.15) is 41.7 Å². The molecule has 1 saturated heterocycles. The third kappa shape index (κ3) is 9.81. The number of nitro groups is 3. The Morgan fingerprint density at radius 3 is 1.91 bits per heavy atom. The van der Waals surface area contributed by atoms with Crippen LogP contribution in [-0.2, 0) is 43.6 Å². The van der Waals surface area contributed by atoms with Gasteiger partial charge in [0.25, 0.3) is 17.1 Å². The molecule has 5 aromatic rings. The van der Waals surface area contributed by atoms with Crippen molar-refractivity contribution in [3.8, 4) is 0 Å². The minimum atomic E-state index is -1.18. The first-order valence-corrected chi connectivity index (χ1v) is 21.5. The van der Waals surface area contributed by atoms with E-state index in [0.29, 0.717) is 37.0 Å². The van der Waals surface area contributed by atoms with E-state index in [4.69, 9.17) is 19.9 Å². The Morgan fingerprint density at radius 1 is 0.879 bits per heavy atom. The summed E-state index contributed by atoms with van der Waals surface area (Å²) < 4.78 is 17.9. The lowest BCUT2D eigenvalue weighted by molar-refractivity contribution is -0.385. The van der Waals surface area contributed by atoms with Crippen LogP contribution in [0, 0.1) is 42.2 Å². The molecule has 66 heavy (non-hydrogen) atoms. The van der Waals surface area contributed by atoms with Crippen molar-refractivity contribution in [3.63, 3.8) is 0 Å². The Bertz CT molecular complexity index is 2790. The molecule has 2 aliphatic heterocycles. The minimum Gasteiger partial charge on any atom is -0.456 e. The average Bonchev–Trinajstić information content (AvgIpc) is 3.95. The second-order valence-electron chi connectivity index (χ2n) is 14.8. The molecular formula is C41H37N9O14S2. The van der Waals surface area contributed by atoms with Crippen LogP contribution in [0.15, 0.2) is 101 Å². The van der Waals surface area contributed by atoms with Crippen molar-refractivity contribution in [1.29, 1.82) is 0 Å². The lowest BCUT2D eigenvalue weighted by atomic mass is 9.77. The number of aromatic nitrogens is 2. The van der Waals surface area contributed by atoms with Gasteiger partial charge in [-0.15, -0.1) is 28.1 Å². The predicted octanol–water partition coefficient (Wildman–Crippen LogP) is 5.81. The lowest BCUT2D eigenvalue weighted by Crippen LogP contribution is -2.63. The number of amides is 3. The number of carbonyl (C=O) groups is 4. The molecule has 3 N–H and O–H groups in total. The molecule has 342 valence electrons. The normalized spacial score (nSPS) is 17.2. The van der Waals surface area contributed by atoms with Crippen molar-refractivity contribution in [1.82, 2.24) is 19.2 Å². The highest BCUT2D eigenvalue weighted by atomic mass is 32.2. The van der Waals surface area contributed by atoms with Gasteiger partial charge in [0.05, 0.1) is 37.7 Å². The van der Waals surface area contributed by atoms with Gasteiger partial charge in [-0.25, -0.2) is 24.3 Å². The predicted molar refractivity (Wildman–Crippen MR) is 233 cm³/mol. The first-order chi connectivity index (χ1) is 31.5. The van der Waals surface area contributed by atoms with E-state index in [1.807, 2.05) is 6.92 Å². The van der Waals surface area contributed by atoms with Gasteiger partial charge in [-0.1, -0.05) is 6.92 Å². The number of thiazole rings is 1. The number of carbonyl (C=O) groups excluding carboxylic acids is 4. The number of fused-ring (bicyclic) bond motifs is 2. The van der Waals surface area contributed by atoms with Crippen LogP contribution in [0.2, 0.25) is 0 Å². The van der Waals surface area contributed by atoms with Crippen molar-refractivity contribution in [2.45, 2.75) is 50.8 Å². The van der Waals surface area contributed by atoms with E-state index in [0.717, 1.165) is 4.90 Å². The summed E-state index contributed by atoms with van der Waals surface area (Å²) in [7, 11) is 0. The average molecular weight is 944 g/mol. The monoisotopic (exact) mass is 943 g/mol. The molecule has 0 radical (unpaired) electrons. The molecule has 4 atom stereocenters. The molecule has 0 spiro atoms. The number of thioether (sulfide) groups is 1. The summed E-state index contributed by atoms with van der Waals surface area (Å²) >= 11 is 2.47. The molecule has 3 amide bonds. The summed E-state index contributed by atoms with van der Waals surface area (Å²) in [5.74, 6) is -2.88. The van der Waals surface area contributed by atoms with E-state index in [9.17, 15) is 54.6 Å². The SMILES string of the molecule is C[C@@H](O)[C@H]1C(=O)N2C(C(=O)OCc3ccc([N+](=O)[O-])cc3)=C(c3cn4cnc(SCCN(C(=O)OCc5ccc([N+](=O)[O-])cc5)C(N)=NC(=O)OCc5ccc([N+](=O)[O-])cc5)c4s3)[C@H](C)[C@H]12. The summed E-state index contributed by atoms with van der Waals surface area (Å²) in [5, 5.41) is 44.2. The van der Waals surface area contributed by atoms with Crippen molar-refractivity contribution in [3.05, 3.63) is 143 Å². The lowest BCUT2D eigenvalue weighted by Gasteiger charge is -2.46. The highest BCUT2D eigenvalue weighted by molar-refractivity contribution is 7.99. The van der Waals surface area contributed by atoms with Gasteiger partial charge in [0.15, 0.2) is 0 Å². The second-order valence-corrected chi connectivity index (χ2v) is 16.9. The number of benzene rings is 3. The van der Waals surface area contributed by atoms with E-state index in [1.54, 1.807) is 10.6 Å². The number of ether oxygens (including phenoxy) is 3. The molecule has 2 aromatic heterocycles. The van der Waals surface area contributed by atoms with E-state index in [2.05, 4.69) is 9.98 Å². The molecule has 2 aliphatic rings. The number of imidazole rings is 1. The first kappa shape index (κ1) is 46.2. The number of nitrogens with zero attached hydrogens (tertiary/aromatic N) is 8. The number of aliphatic hydroxyl groups excluding tert-OH is 1. The number of aliphatic hydroxyl groups is 1. The Morgan fingerprint density at radius 2 is 1.39 bits per heavy atom. The number of rotatable bonds is 16. The molecule has 0 bridgehead atoms. The van der Waals surface area contributed by atoms with Crippen LogP contribution < -0.4 is 5.73 Å². The van der Waals surface area contributed by atoms with Gasteiger partial charge in [0, 0.05) is 66.4 Å². The van der Waals surface area contributed by atoms with Crippen LogP contribution in [0.1, 0.15) is 35.4 Å². The van der Waals surface area contributed by atoms with Crippen LogP contribution in [0.3, 0.4) is 0 Å². The van der Waals surface area contributed by atoms with Gasteiger partial charge in [0.2, 0.25) is 11.9 Å². The molecule has 0 unspecified atom stereocenters. The quantitative estimate of drug-likeness (QED) is 0.0172. The summed E-state index contributed by atoms with van der Waals surface area (Å²) in [6.07, 6.45) is 0.0994. The number of non-ortho nitro benzene ring substituents is 3. The number of guanidine groups is 1. The van der Waals surface area contributed by atoms with Gasteiger partial charge < -0.3 is 30.0 Å². The van der Waals surface area contributed by atoms with Gasteiger partial charge in [-0.3, -0.25) is 39.5 Å². The molecule has 0 aliphatic carbocycles. The Hall–Kier alpha value is -7.77. The fourth-order valence-electron chi connectivity index (χ4n) is 7.33. The van der Waals surface area contributed by atoms with E-state index in [1.165, 1.54) is 114 Å². The fourth-order valence-corrected chi connectivity index (χ4v) is 9.56. The number of nitrogens with two attached hydrogens (primary N) is 1. The molecule has 23 nitrogen and oxygen atoms in total. The Kier molecular flexibility index (Phi) is 13.7. The van der Waals surface area contributed by atoms with Crippen LogP contribution in [-0.4, -0.2) is 93.5 Å². The minimum absolute atomic E-state index is 0.0203. The number of esters is 1. The summed E-state index contributed by atoms with van der Waals surface area (Å²) in [6.45, 7) is 2.31. The molecule has 4 heterocycles. The van der Waals surface area contributed by atoms with Gasteiger partial charge in [-0.2, -0.15) is 0 Å². The van der Waals surface area contributed by atoms with Gasteiger partial charge >= 0.3 is 18.2 Å². The Labute approximate surface area is 380 Å². The number of hydrogen-bond acceptors (Lipinski definition) is 17. The molecule has 3 aromatic carbocycles. The number of β-lactam (4-membered cyclic amide) rings is 1. The van der Waals surface area contributed by atoms with E-state index < -0.39 is 68.8 Å². The zero-order valence-corrected chi connectivity index (χ0v) is 36.3. The first-order valence-electron chi connectivity index (χ1n) is 19.7. The van der Waals surface area contributed by atoms with Crippen molar-refractivity contribution in [2.75, 3.05) is 12.3 Å². The molecule has 1 fully saturated rings. The van der Waals surface area contributed by atoms with Crippen LogP contribution in [0.4, 0.5) is 26.7 Å². The maximum Gasteiger partial charge on any atom is 0.437 e. The highest BCUT2D eigenvalue weighted by Crippen LogP contribution is 2.52. The maximum absolute atomic E-state index is 13.8. The number of nitro benzene ring substituents is 3. The van der Waals surface area contributed by atoms with Crippen LogP contribution >= 0.6 is 23.1 Å². The smallest absolute Gasteiger partial charge is 0.437 e. The number of aliphatic imine (C=N–C) groups is 1. The largest absolute Gasteiger partial charge is 0.456 e. The maximum atomic E-state index is 13.8. The molecular weight excluding hydrogens is 907 g/mol. The fraction of sp³-hybridized carbons (Fsp3) is 0.268. The second kappa shape index (κ2) is 19.5. The molecule has 7 rings (SSSR count). The number of hydrogen-bond donors (Lipinski definition) is 2. The highest BCUT2D eigenvalue weighted by Gasteiger charge is 2.60. The molecule has 0 saturated carbocycles. The molecule has 25 heteroatoms. The van der Waals surface area contributed by atoms with E-state index in [-0.39, 0.29) is 54.9 Å². The zero-order valence-electron chi connectivity index (χ0n) is 34.7. The zero-order chi connectivity index (χ0) is 47.4. The third-order valence-electron chi connectivity index (χ3n) is 10.6. The topological polar surface area (TPSA) is 308 Å². The Balaban J connectivity index is 1.08. The van der Waals surface area contributed by atoms with Crippen LogP contribution in [0.25, 0.3) is 10.4 Å². The van der Waals surface area contributed by atoms with Crippen LogP contribution in [0.5, 0.6) is 0 Å².